The molecule has 1 amide bonds. The normalized spacial score (nSPS) is 14.5. The third-order valence-electron chi connectivity index (χ3n) is 5.73. The van der Waals surface area contributed by atoms with E-state index >= 15 is 0 Å². The van der Waals surface area contributed by atoms with Crippen molar-refractivity contribution in [2.24, 2.45) is 0 Å². The second kappa shape index (κ2) is 10.3. The lowest BCUT2D eigenvalue weighted by molar-refractivity contribution is -0.918. The van der Waals surface area contributed by atoms with Gasteiger partial charge in [0.25, 0.3) is 0 Å². The molecule has 1 saturated heterocycles. The molecule has 6 nitrogen and oxygen atoms in total. The number of quaternary nitrogens is 1. The molecular formula is C24H28FN4O2+. The first-order valence-corrected chi connectivity index (χ1v) is 10.9. The number of amides is 1. The molecule has 4 rings (SSSR count). The van der Waals surface area contributed by atoms with E-state index in [1.807, 2.05) is 6.07 Å². The quantitative estimate of drug-likeness (QED) is 0.584. The van der Waals surface area contributed by atoms with Gasteiger partial charge in [0.2, 0.25) is 17.6 Å². The number of piperidine rings is 1. The highest BCUT2D eigenvalue weighted by atomic mass is 19.1. The fraction of sp³-hybridized carbons (Fsp3) is 0.375. The Morgan fingerprint density at radius 3 is 2.55 bits per heavy atom. The summed E-state index contributed by atoms with van der Waals surface area (Å²) in [6.07, 6.45) is 4.57. The van der Waals surface area contributed by atoms with Gasteiger partial charge < -0.3 is 14.7 Å². The van der Waals surface area contributed by atoms with Gasteiger partial charge in [0.1, 0.15) is 12.4 Å². The van der Waals surface area contributed by atoms with Crippen molar-refractivity contribution in [3.8, 4) is 11.4 Å². The number of likely N-dealkylation sites (tertiary alicyclic amines) is 1. The lowest BCUT2D eigenvalue weighted by Crippen LogP contribution is -3.11. The van der Waals surface area contributed by atoms with Crippen LogP contribution in [0.15, 0.2) is 53.1 Å². The summed E-state index contributed by atoms with van der Waals surface area (Å²) < 4.78 is 18.3. The van der Waals surface area contributed by atoms with Crippen molar-refractivity contribution in [3.63, 3.8) is 0 Å². The molecule has 0 atom stereocenters. The monoisotopic (exact) mass is 423 g/mol. The van der Waals surface area contributed by atoms with E-state index in [-0.39, 0.29) is 18.1 Å². The first-order chi connectivity index (χ1) is 15.2. The number of aryl methyl sites for hydroxylation is 1. The highest BCUT2D eigenvalue weighted by Gasteiger charge is 2.16. The summed E-state index contributed by atoms with van der Waals surface area (Å²) in [6.45, 7) is 3.99. The second-order valence-electron chi connectivity index (χ2n) is 8.05. The molecule has 3 aromatic rings. The Balaban J connectivity index is 1.27. The van der Waals surface area contributed by atoms with Gasteiger partial charge in [-0.15, -0.1) is 0 Å². The summed E-state index contributed by atoms with van der Waals surface area (Å²) in [4.78, 5) is 18.3. The lowest BCUT2D eigenvalue weighted by atomic mass is 10.0. The summed E-state index contributed by atoms with van der Waals surface area (Å²) in [5.41, 5.74) is 3.15. The van der Waals surface area contributed by atoms with E-state index < -0.39 is 0 Å². The maximum atomic E-state index is 13.0. The van der Waals surface area contributed by atoms with Crippen molar-refractivity contribution in [2.75, 3.05) is 13.1 Å². The Hall–Kier alpha value is -3.06. The maximum absolute atomic E-state index is 13.0. The van der Waals surface area contributed by atoms with Crippen LogP contribution in [0.5, 0.6) is 0 Å². The number of nitrogens with one attached hydrogen (secondary N) is 2. The van der Waals surface area contributed by atoms with Crippen molar-refractivity contribution >= 4 is 5.91 Å². The standard InChI is InChI=1S/C24H27FN4O2/c25-21-10-8-18(9-11-21)24-27-23(31-28-24)13-12-22(30)26-16-19-6-2-3-7-20(19)17-29-14-4-1-5-15-29/h2-3,6-11H,1,4-5,12-17H2,(H,26,30)/p+1. The molecule has 0 bridgehead atoms. The van der Waals surface area contributed by atoms with Gasteiger partial charge in [-0.25, -0.2) is 4.39 Å². The molecular weight excluding hydrogens is 395 g/mol. The zero-order valence-corrected chi connectivity index (χ0v) is 17.6. The Bertz CT molecular complexity index is 997. The van der Waals surface area contributed by atoms with Crippen LogP contribution in [0.25, 0.3) is 11.4 Å². The van der Waals surface area contributed by atoms with Crippen molar-refractivity contribution in [3.05, 3.63) is 71.4 Å². The smallest absolute Gasteiger partial charge is 0.227 e. The molecule has 1 fully saturated rings. The molecule has 162 valence electrons. The third kappa shape index (κ3) is 5.98. The molecule has 0 radical (unpaired) electrons. The minimum absolute atomic E-state index is 0.0540. The number of hydrogen-bond donors (Lipinski definition) is 2. The van der Waals surface area contributed by atoms with Gasteiger partial charge in [-0.3, -0.25) is 4.79 Å². The number of carbonyl (C=O) groups excluding carboxylic acids is 1. The van der Waals surface area contributed by atoms with Crippen LogP contribution in [0.1, 0.15) is 42.7 Å². The number of rotatable bonds is 8. The van der Waals surface area contributed by atoms with Crippen LogP contribution in [-0.2, 0) is 24.3 Å². The molecule has 0 spiro atoms. The Morgan fingerprint density at radius 2 is 1.77 bits per heavy atom. The van der Waals surface area contributed by atoms with E-state index in [4.69, 9.17) is 4.52 Å². The fourth-order valence-corrected chi connectivity index (χ4v) is 3.98. The van der Waals surface area contributed by atoms with Gasteiger partial charge in [0, 0.05) is 30.5 Å². The van der Waals surface area contributed by atoms with Gasteiger partial charge >= 0.3 is 0 Å². The summed E-state index contributed by atoms with van der Waals surface area (Å²) in [7, 11) is 0. The van der Waals surface area contributed by atoms with E-state index in [0.29, 0.717) is 30.2 Å². The van der Waals surface area contributed by atoms with Crippen molar-refractivity contribution < 1.29 is 18.6 Å². The number of nitrogens with zero attached hydrogens (tertiary/aromatic N) is 2. The third-order valence-corrected chi connectivity index (χ3v) is 5.73. The molecule has 1 aliphatic heterocycles. The largest absolute Gasteiger partial charge is 0.352 e. The average Bonchev–Trinajstić information content (AvgIpc) is 3.27. The predicted molar refractivity (Wildman–Crippen MR) is 115 cm³/mol. The zero-order valence-electron chi connectivity index (χ0n) is 17.6. The van der Waals surface area contributed by atoms with E-state index in [9.17, 15) is 9.18 Å². The summed E-state index contributed by atoms with van der Waals surface area (Å²) in [6, 6.07) is 14.2. The first-order valence-electron chi connectivity index (χ1n) is 10.9. The lowest BCUT2D eigenvalue weighted by Gasteiger charge is -2.24. The molecule has 2 heterocycles. The van der Waals surface area contributed by atoms with Crippen molar-refractivity contribution in [1.82, 2.24) is 15.5 Å². The molecule has 2 N–H and O–H groups in total. The van der Waals surface area contributed by atoms with E-state index in [2.05, 4.69) is 33.7 Å². The minimum Gasteiger partial charge on any atom is -0.352 e. The van der Waals surface area contributed by atoms with Gasteiger partial charge in [0.15, 0.2) is 0 Å². The van der Waals surface area contributed by atoms with Gasteiger partial charge in [-0.05, 0) is 49.1 Å². The summed E-state index contributed by atoms with van der Waals surface area (Å²) >= 11 is 0. The SMILES string of the molecule is O=C(CCc1nc(-c2ccc(F)cc2)no1)NCc1ccccc1C[NH+]1CCCCC1. The van der Waals surface area contributed by atoms with Crippen LogP contribution in [0.4, 0.5) is 4.39 Å². The molecule has 31 heavy (non-hydrogen) atoms. The average molecular weight is 424 g/mol. The van der Waals surface area contributed by atoms with Gasteiger partial charge in [-0.1, -0.05) is 29.4 Å². The highest BCUT2D eigenvalue weighted by Crippen LogP contribution is 2.16. The molecule has 0 aliphatic carbocycles. The van der Waals surface area contributed by atoms with Crippen LogP contribution in [0.3, 0.4) is 0 Å². The Morgan fingerprint density at radius 1 is 1.03 bits per heavy atom. The number of halogens is 1. The number of hydrogen-bond acceptors (Lipinski definition) is 4. The van der Waals surface area contributed by atoms with Crippen LogP contribution in [0, 0.1) is 5.82 Å². The topological polar surface area (TPSA) is 72.5 Å². The van der Waals surface area contributed by atoms with Gasteiger partial charge in [0.05, 0.1) is 13.1 Å². The van der Waals surface area contributed by atoms with Crippen LogP contribution < -0.4 is 10.2 Å². The van der Waals surface area contributed by atoms with Crippen molar-refractivity contribution in [2.45, 2.75) is 45.2 Å². The molecule has 1 aliphatic rings. The maximum Gasteiger partial charge on any atom is 0.227 e. The zero-order chi connectivity index (χ0) is 21.5. The predicted octanol–water partition coefficient (Wildman–Crippen LogP) is 2.69. The van der Waals surface area contributed by atoms with Crippen LogP contribution >= 0.6 is 0 Å². The molecule has 1 aromatic heterocycles. The van der Waals surface area contributed by atoms with E-state index in [1.54, 1.807) is 17.0 Å². The first kappa shape index (κ1) is 21.2. The molecule has 2 aromatic carbocycles. The summed E-state index contributed by atoms with van der Waals surface area (Å²) in [5, 5.41) is 6.92. The van der Waals surface area contributed by atoms with Gasteiger partial charge in [-0.2, -0.15) is 4.98 Å². The number of benzene rings is 2. The Kier molecular flexibility index (Phi) is 7.04. The summed E-state index contributed by atoms with van der Waals surface area (Å²) in [5.74, 6) is 0.415. The number of carbonyl (C=O) groups is 1. The van der Waals surface area contributed by atoms with Crippen LogP contribution in [-0.4, -0.2) is 29.1 Å². The van der Waals surface area contributed by atoms with E-state index in [0.717, 1.165) is 6.54 Å². The highest BCUT2D eigenvalue weighted by molar-refractivity contribution is 5.76. The van der Waals surface area contributed by atoms with E-state index in [1.165, 1.54) is 55.6 Å². The fourth-order valence-electron chi connectivity index (χ4n) is 3.98. The molecule has 7 heteroatoms. The van der Waals surface area contributed by atoms with Crippen molar-refractivity contribution in [1.29, 1.82) is 0 Å². The molecule has 0 unspecified atom stereocenters. The van der Waals surface area contributed by atoms with Crippen LogP contribution in [0.2, 0.25) is 0 Å². The second-order valence-corrected chi connectivity index (χ2v) is 8.05. The number of aromatic nitrogens is 2. The molecule has 0 saturated carbocycles. The minimum atomic E-state index is -0.317. The Labute approximate surface area is 181 Å².